The van der Waals surface area contributed by atoms with Gasteiger partial charge in [0.05, 0.1) is 7.11 Å². The number of methoxy groups -OCH3 is 1. The zero-order chi connectivity index (χ0) is 11.4. The summed E-state index contributed by atoms with van der Waals surface area (Å²) in [5.74, 6) is 7.51. The summed E-state index contributed by atoms with van der Waals surface area (Å²) >= 11 is 0. The van der Waals surface area contributed by atoms with Crippen molar-refractivity contribution in [2.75, 3.05) is 20.2 Å². The van der Waals surface area contributed by atoms with E-state index < -0.39 is 0 Å². The summed E-state index contributed by atoms with van der Waals surface area (Å²) in [5.41, 5.74) is 1.32. The Hall–Kier alpha value is -1.06. The Kier molecular flexibility index (Phi) is 3.80. The minimum absolute atomic E-state index is 0.746. The van der Waals surface area contributed by atoms with Gasteiger partial charge in [-0.1, -0.05) is 18.2 Å². The first-order chi connectivity index (χ1) is 7.79. The van der Waals surface area contributed by atoms with Crippen molar-refractivity contribution in [3.8, 4) is 5.75 Å². The van der Waals surface area contributed by atoms with Crippen molar-refractivity contribution in [1.82, 2.24) is 5.01 Å². The number of hydrogen-bond donors (Lipinski definition) is 1. The molecule has 1 aliphatic heterocycles. The van der Waals surface area contributed by atoms with Crippen LogP contribution < -0.4 is 10.6 Å². The zero-order valence-electron chi connectivity index (χ0n) is 9.86. The molecule has 2 rings (SSSR count). The topological polar surface area (TPSA) is 38.5 Å². The maximum atomic E-state index is 5.76. The van der Waals surface area contributed by atoms with Crippen LogP contribution in [-0.4, -0.2) is 25.2 Å². The van der Waals surface area contributed by atoms with Crippen LogP contribution in [0.3, 0.4) is 0 Å². The molecule has 0 aromatic heterocycles. The van der Waals surface area contributed by atoms with E-state index in [2.05, 4.69) is 12.1 Å². The van der Waals surface area contributed by atoms with Crippen LogP contribution in [0, 0.1) is 5.92 Å². The maximum Gasteiger partial charge on any atom is 0.122 e. The lowest BCUT2D eigenvalue weighted by atomic mass is 9.90. The Balaban J connectivity index is 1.98. The van der Waals surface area contributed by atoms with Gasteiger partial charge in [-0.3, -0.25) is 5.84 Å². The maximum absolute atomic E-state index is 5.76. The fraction of sp³-hybridized carbons (Fsp3) is 0.538. The Labute approximate surface area is 97.2 Å². The van der Waals surface area contributed by atoms with E-state index in [1.54, 1.807) is 7.11 Å². The van der Waals surface area contributed by atoms with Gasteiger partial charge in [-0.15, -0.1) is 0 Å². The predicted octanol–water partition coefficient (Wildman–Crippen LogP) is 1.82. The largest absolute Gasteiger partial charge is 0.496 e. The van der Waals surface area contributed by atoms with E-state index in [1.165, 1.54) is 18.4 Å². The molecule has 0 aliphatic carbocycles. The summed E-state index contributed by atoms with van der Waals surface area (Å²) in [5, 5.41) is 1.92. The molecule has 1 aromatic rings. The number of hydrogen-bond acceptors (Lipinski definition) is 3. The third-order valence-electron chi connectivity index (χ3n) is 3.35. The van der Waals surface area contributed by atoms with Gasteiger partial charge in [0.2, 0.25) is 0 Å². The fourth-order valence-electron chi connectivity index (χ4n) is 2.34. The summed E-state index contributed by atoms with van der Waals surface area (Å²) in [6.07, 6.45) is 3.49. The number of nitrogens with two attached hydrogens (primary N) is 1. The van der Waals surface area contributed by atoms with Crippen molar-refractivity contribution in [2.45, 2.75) is 19.3 Å². The van der Waals surface area contributed by atoms with E-state index in [0.717, 1.165) is 31.2 Å². The molecule has 0 unspecified atom stereocenters. The molecule has 0 atom stereocenters. The van der Waals surface area contributed by atoms with Gasteiger partial charge in [0.1, 0.15) is 5.75 Å². The quantitative estimate of drug-likeness (QED) is 0.790. The summed E-state index contributed by atoms with van der Waals surface area (Å²) in [7, 11) is 1.74. The summed E-state index contributed by atoms with van der Waals surface area (Å²) in [6.45, 7) is 2.03. The number of nitrogens with zero attached hydrogens (tertiary/aromatic N) is 1. The zero-order valence-corrected chi connectivity index (χ0v) is 9.86. The second-order valence-electron chi connectivity index (χ2n) is 4.50. The number of para-hydroxylation sites is 1. The van der Waals surface area contributed by atoms with E-state index in [4.69, 9.17) is 10.6 Å². The Morgan fingerprint density at radius 2 is 2.00 bits per heavy atom. The van der Waals surface area contributed by atoms with Crippen LogP contribution in [0.25, 0.3) is 0 Å². The summed E-state index contributed by atoms with van der Waals surface area (Å²) in [6, 6.07) is 8.29. The molecule has 0 saturated carbocycles. The highest BCUT2D eigenvalue weighted by molar-refractivity contribution is 5.33. The first-order valence-electron chi connectivity index (χ1n) is 5.91. The number of piperidine rings is 1. The van der Waals surface area contributed by atoms with Crippen molar-refractivity contribution in [3.63, 3.8) is 0 Å². The Morgan fingerprint density at radius 3 is 2.69 bits per heavy atom. The van der Waals surface area contributed by atoms with E-state index in [1.807, 2.05) is 17.1 Å². The molecule has 1 aromatic carbocycles. The first kappa shape index (κ1) is 11.4. The number of benzene rings is 1. The van der Waals surface area contributed by atoms with Gasteiger partial charge >= 0.3 is 0 Å². The van der Waals surface area contributed by atoms with Gasteiger partial charge in [-0.2, -0.15) is 0 Å². The lowest BCUT2D eigenvalue weighted by Crippen LogP contribution is -2.39. The smallest absolute Gasteiger partial charge is 0.122 e. The van der Waals surface area contributed by atoms with E-state index in [9.17, 15) is 0 Å². The Morgan fingerprint density at radius 1 is 1.31 bits per heavy atom. The van der Waals surface area contributed by atoms with Crippen molar-refractivity contribution >= 4 is 0 Å². The van der Waals surface area contributed by atoms with Crippen molar-refractivity contribution in [3.05, 3.63) is 29.8 Å². The van der Waals surface area contributed by atoms with Gasteiger partial charge < -0.3 is 4.74 Å². The summed E-state index contributed by atoms with van der Waals surface area (Å²) < 4.78 is 5.37. The molecule has 1 fully saturated rings. The van der Waals surface area contributed by atoms with Crippen LogP contribution >= 0.6 is 0 Å². The monoisotopic (exact) mass is 220 g/mol. The minimum Gasteiger partial charge on any atom is -0.496 e. The molecule has 1 saturated heterocycles. The molecule has 16 heavy (non-hydrogen) atoms. The summed E-state index contributed by atoms with van der Waals surface area (Å²) in [4.78, 5) is 0. The van der Waals surface area contributed by atoms with Gasteiger partial charge in [-0.25, -0.2) is 5.01 Å². The van der Waals surface area contributed by atoms with E-state index in [0.29, 0.717) is 0 Å². The Bertz CT molecular complexity index is 332. The van der Waals surface area contributed by atoms with Crippen LogP contribution in [0.15, 0.2) is 24.3 Å². The van der Waals surface area contributed by atoms with Crippen molar-refractivity contribution < 1.29 is 4.74 Å². The van der Waals surface area contributed by atoms with Crippen molar-refractivity contribution in [2.24, 2.45) is 11.8 Å². The molecule has 1 heterocycles. The average molecular weight is 220 g/mol. The lowest BCUT2D eigenvalue weighted by molar-refractivity contribution is 0.187. The lowest BCUT2D eigenvalue weighted by Gasteiger charge is -2.28. The van der Waals surface area contributed by atoms with Crippen LogP contribution in [-0.2, 0) is 6.42 Å². The standard InChI is InChI=1S/C13H20N2O/c1-16-13-5-3-2-4-12(13)10-11-6-8-15(14)9-7-11/h2-5,11H,6-10,14H2,1H3. The molecule has 2 N–H and O–H groups in total. The highest BCUT2D eigenvalue weighted by atomic mass is 16.5. The number of hydrazine groups is 1. The van der Waals surface area contributed by atoms with Crippen LogP contribution in [0.5, 0.6) is 5.75 Å². The second kappa shape index (κ2) is 5.32. The molecule has 0 amide bonds. The van der Waals surface area contributed by atoms with E-state index >= 15 is 0 Å². The molecular formula is C13H20N2O. The van der Waals surface area contributed by atoms with Crippen LogP contribution in [0.4, 0.5) is 0 Å². The normalized spacial score (nSPS) is 18.6. The molecule has 0 bridgehead atoms. The molecular weight excluding hydrogens is 200 g/mol. The molecule has 3 nitrogen and oxygen atoms in total. The SMILES string of the molecule is COc1ccccc1CC1CCN(N)CC1. The predicted molar refractivity (Wildman–Crippen MR) is 65.2 cm³/mol. The van der Waals surface area contributed by atoms with E-state index in [-0.39, 0.29) is 0 Å². The molecule has 0 radical (unpaired) electrons. The van der Waals surface area contributed by atoms with Crippen LogP contribution in [0.2, 0.25) is 0 Å². The minimum atomic E-state index is 0.746. The number of ether oxygens (including phenoxy) is 1. The average Bonchev–Trinajstić information content (AvgIpc) is 2.33. The van der Waals surface area contributed by atoms with Gasteiger partial charge in [0.15, 0.2) is 0 Å². The van der Waals surface area contributed by atoms with Crippen LogP contribution in [0.1, 0.15) is 18.4 Å². The van der Waals surface area contributed by atoms with Gasteiger partial charge in [-0.05, 0) is 36.8 Å². The second-order valence-corrected chi connectivity index (χ2v) is 4.50. The molecule has 88 valence electrons. The van der Waals surface area contributed by atoms with Gasteiger partial charge in [0.25, 0.3) is 0 Å². The fourth-order valence-corrected chi connectivity index (χ4v) is 2.34. The number of rotatable bonds is 3. The first-order valence-corrected chi connectivity index (χ1v) is 5.91. The highest BCUT2D eigenvalue weighted by Crippen LogP contribution is 2.25. The third-order valence-corrected chi connectivity index (χ3v) is 3.35. The molecule has 0 spiro atoms. The third kappa shape index (κ3) is 2.74. The molecule has 3 heteroatoms. The van der Waals surface area contributed by atoms with Gasteiger partial charge in [0, 0.05) is 13.1 Å². The van der Waals surface area contributed by atoms with Crippen molar-refractivity contribution in [1.29, 1.82) is 0 Å². The highest BCUT2D eigenvalue weighted by Gasteiger charge is 2.18. The molecule has 1 aliphatic rings.